The lowest BCUT2D eigenvalue weighted by molar-refractivity contribution is -0.134. The second-order valence-corrected chi connectivity index (χ2v) is 7.72. The molecule has 2 atom stereocenters. The van der Waals surface area contributed by atoms with E-state index in [1.54, 1.807) is 0 Å². The van der Waals surface area contributed by atoms with E-state index in [1.807, 2.05) is 46.8 Å². The largest absolute Gasteiger partial charge is 0.486 e. The highest BCUT2D eigenvalue weighted by Crippen LogP contribution is 2.25. The molecule has 0 bridgehead atoms. The van der Waals surface area contributed by atoms with Crippen LogP contribution in [0.5, 0.6) is 5.75 Å². The Morgan fingerprint density at radius 2 is 1.88 bits per heavy atom. The predicted molar refractivity (Wildman–Crippen MR) is 102 cm³/mol. The molecule has 0 radical (unpaired) electrons. The van der Waals surface area contributed by atoms with E-state index in [-0.39, 0.29) is 5.91 Å². The highest BCUT2D eigenvalue weighted by Gasteiger charge is 2.29. The maximum Gasteiger partial charge on any atom is 0.233 e. The van der Waals surface area contributed by atoms with Crippen LogP contribution >= 0.6 is 11.8 Å². The summed E-state index contributed by atoms with van der Waals surface area (Å²) in [6.45, 7) is 4.63. The first kappa shape index (κ1) is 18.8. The Kier molecular flexibility index (Phi) is 6.19. The van der Waals surface area contributed by atoms with Crippen LogP contribution < -0.4 is 4.74 Å². The number of nitrogens with zero attached hydrogens (tertiary/aromatic N) is 4. The Bertz CT molecular complexity index is 724. The quantitative estimate of drug-likeness (QED) is 0.726. The van der Waals surface area contributed by atoms with Crippen LogP contribution in [0.3, 0.4) is 0 Å². The predicted octanol–water partition coefficient (Wildman–Crippen LogP) is 3.28. The van der Waals surface area contributed by atoms with E-state index in [9.17, 15) is 4.79 Å². The zero-order chi connectivity index (χ0) is 18.5. The van der Waals surface area contributed by atoms with Gasteiger partial charge in [-0.15, -0.1) is 10.2 Å². The van der Waals surface area contributed by atoms with Crippen LogP contribution in [0.1, 0.15) is 38.9 Å². The summed E-state index contributed by atoms with van der Waals surface area (Å²) in [5.74, 6) is 2.11. The van der Waals surface area contributed by atoms with E-state index in [0.29, 0.717) is 24.4 Å². The van der Waals surface area contributed by atoms with Crippen molar-refractivity contribution < 1.29 is 9.53 Å². The SMILES string of the molecule is CC1CCCC(C)N1C(=O)CSc1nnc(COc2ccccc2)n1C. The molecule has 2 heterocycles. The second-order valence-electron chi connectivity index (χ2n) is 6.78. The Morgan fingerprint density at radius 3 is 2.58 bits per heavy atom. The number of amides is 1. The number of hydrogen-bond acceptors (Lipinski definition) is 5. The van der Waals surface area contributed by atoms with Gasteiger partial charge in [0.1, 0.15) is 12.4 Å². The molecule has 3 rings (SSSR count). The Labute approximate surface area is 158 Å². The number of rotatable bonds is 6. The van der Waals surface area contributed by atoms with Gasteiger partial charge in [-0.1, -0.05) is 30.0 Å². The zero-order valence-electron chi connectivity index (χ0n) is 15.6. The van der Waals surface area contributed by atoms with Crippen molar-refractivity contribution in [2.45, 2.75) is 57.0 Å². The number of para-hydroxylation sites is 1. The number of thioether (sulfide) groups is 1. The van der Waals surface area contributed by atoms with Gasteiger partial charge in [0.2, 0.25) is 5.91 Å². The summed E-state index contributed by atoms with van der Waals surface area (Å²) in [4.78, 5) is 14.7. The molecule has 0 spiro atoms. The van der Waals surface area contributed by atoms with Gasteiger partial charge >= 0.3 is 0 Å². The van der Waals surface area contributed by atoms with Gasteiger partial charge < -0.3 is 14.2 Å². The first-order valence-corrected chi connectivity index (χ1v) is 10.0. The van der Waals surface area contributed by atoms with Crippen molar-refractivity contribution in [2.75, 3.05) is 5.75 Å². The zero-order valence-corrected chi connectivity index (χ0v) is 16.4. The standard InChI is InChI=1S/C19H26N4O2S/c1-14-8-7-9-15(2)23(14)18(24)13-26-19-21-20-17(22(19)3)12-25-16-10-5-4-6-11-16/h4-6,10-11,14-15H,7-9,12-13H2,1-3H3. The second kappa shape index (κ2) is 8.58. The monoisotopic (exact) mass is 374 g/mol. The third-order valence-corrected chi connectivity index (χ3v) is 5.85. The maximum absolute atomic E-state index is 12.6. The minimum atomic E-state index is 0.180. The molecule has 1 aromatic heterocycles. The average Bonchev–Trinajstić information content (AvgIpc) is 2.99. The Morgan fingerprint density at radius 1 is 1.19 bits per heavy atom. The molecule has 6 nitrogen and oxygen atoms in total. The summed E-state index contributed by atoms with van der Waals surface area (Å²) in [5, 5.41) is 9.14. The van der Waals surface area contributed by atoms with E-state index < -0.39 is 0 Å². The van der Waals surface area contributed by atoms with Gasteiger partial charge in [0.15, 0.2) is 11.0 Å². The van der Waals surface area contributed by atoms with E-state index in [2.05, 4.69) is 24.0 Å². The van der Waals surface area contributed by atoms with Crippen LogP contribution in [-0.2, 0) is 18.4 Å². The lowest BCUT2D eigenvalue weighted by atomic mass is 9.98. The number of aromatic nitrogens is 3. The first-order valence-electron chi connectivity index (χ1n) is 9.06. The molecule has 0 N–H and O–H groups in total. The van der Waals surface area contributed by atoms with Gasteiger partial charge in [0.05, 0.1) is 5.75 Å². The number of hydrogen-bond donors (Lipinski definition) is 0. The van der Waals surface area contributed by atoms with Crippen LogP contribution in [0.15, 0.2) is 35.5 Å². The number of carbonyl (C=O) groups is 1. The van der Waals surface area contributed by atoms with Gasteiger partial charge in [-0.2, -0.15) is 0 Å². The molecule has 7 heteroatoms. The molecule has 2 aromatic rings. The normalized spacial score (nSPS) is 20.2. The van der Waals surface area contributed by atoms with Gasteiger partial charge in [0.25, 0.3) is 0 Å². The molecule has 0 aliphatic carbocycles. The van der Waals surface area contributed by atoms with Crippen LogP contribution in [0, 0.1) is 0 Å². The van der Waals surface area contributed by atoms with Crippen molar-refractivity contribution in [1.29, 1.82) is 0 Å². The summed E-state index contributed by atoms with van der Waals surface area (Å²) in [7, 11) is 1.91. The summed E-state index contributed by atoms with van der Waals surface area (Å²) in [6.07, 6.45) is 3.38. The first-order chi connectivity index (χ1) is 12.6. The number of piperidine rings is 1. The molecule has 0 saturated carbocycles. The average molecular weight is 375 g/mol. The van der Waals surface area contributed by atoms with Crippen LogP contribution in [0.4, 0.5) is 0 Å². The van der Waals surface area contributed by atoms with Gasteiger partial charge in [-0.3, -0.25) is 4.79 Å². The molecule has 140 valence electrons. The fourth-order valence-corrected chi connectivity index (χ4v) is 4.17. The number of likely N-dealkylation sites (tertiary alicyclic amines) is 1. The fourth-order valence-electron chi connectivity index (χ4n) is 3.37. The van der Waals surface area contributed by atoms with E-state index in [0.717, 1.165) is 29.6 Å². The van der Waals surface area contributed by atoms with Crippen molar-refractivity contribution in [3.63, 3.8) is 0 Å². The molecular formula is C19H26N4O2S. The summed E-state index contributed by atoms with van der Waals surface area (Å²) >= 11 is 1.44. The van der Waals surface area contributed by atoms with Crippen molar-refractivity contribution in [1.82, 2.24) is 19.7 Å². The Hall–Kier alpha value is -2.02. The molecular weight excluding hydrogens is 348 g/mol. The minimum absolute atomic E-state index is 0.180. The third-order valence-electron chi connectivity index (χ3n) is 4.84. The lowest BCUT2D eigenvalue weighted by Gasteiger charge is -2.39. The number of ether oxygens (including phenoxy) is 1. The van der Waals surface area contributed by atoms with E-state index in [1.165, 1.54) is 18.2 Å². The Balaban J connectivity index is 1.55. The van der Waals surface area contributed by atoms with Gasteiger partial charge in [0, 0.05) is 19.1 Å². The fraction of sp³-hybridized carbons (Fsp3) is 0.526. The molecule has 1 amide bonds. The molecule has 1 aromatic carbocycles. The third kappa shape index (κ3) is 4.38. The summed E-state index contributed by atoms with van der Waals surface area (Å²) in [5.41, 5.74) is 0. The van der Waals surface area contributed by atoms with E-state index >= 15 is 0 Å². The summed E-state index contributed by atoms with van der Waals surface area (Å²) in [6, 6.07) is 10.3. The van der Waals surface area contributed by atoms with Crippen molar-refractivity contribution in [3.8, 4) is 5.75 Å². The van der Waals surface area contributed by atoms with Crippen LogP contribution in [0.2, 0.25) is 0 Å². The van der Waals surface area contributed by atoms with Crippen molar-refractivity contribution >= 4 is 17.7 Å². The van der Waals surface area contributed by atoms with Crippen LogP contribution in [0.25, 0.3) is 0 Å². The van der Waals surface area contributed by atoms with Crippen molar-refractivity contribution in [2.24, 2.45) is 7.05 Å². The van der Waals surface area contributed by atoms with Crippen molar-refractivity contribution in [3.05, 3.63) is 36.2 Å². The maximum atomic E-state index is 12.6. The van der Waals surface area contributed by atoms with Gasteiger partial charge in [-0.25, -0.2) is 0 Å². The molecule has 1 aliphatic rings. The van der Waals surface area contributed by atoms with Crippen LogP contribution in [-0.4, -0.2) is 43.4 Å². The summed E-state index contributed by atoms with van der Waals surface area (Å²) < 4.78 is 7.62. The topological polar surface area (TPSA) is 60.3 Å². The van der Waals surface area contributed by atoms with Gasteiger partial charge in [-0.05, 0) is 45.2 Å². The molecule has 2 unspecified atom stereocenters. The lowest BCUT2D eigenvalue weighted by Crippen LogP contribution is -2.48. The molecule has 1 saturated heterocycles. The number of carbonyl (C=O) groups excluding carboxylic acids is 1. The molecule has 1 aliphatic heterocycles. The highest BCUT2D eigenvalue weighted by molar-refractivity contribution is 7.99. The minimum Gasteiger partial charge on any atom is -0.486 e. The molecule has 1 fully saturated rings. The highest BCUT2D eigenvalue weighted by atomic mass is 32.2. The smallest absolute Gasteiger partial charge is 0.233 e. The van der Waals surface area contributed by atoms with E-state index in [4.69, 9.17) is 4.74 Å². The number of benzene rings is 1. The molecule has 26 heavy (non-hydrogen) atoms.